The molecule has 0 unspecified atom stereocenters. The minimum Gasteiger partial charge on any atom is -0.334 e. The number of sulfonamides is 1. The number of hydrogen-bond acceptors (Lipinski definition) is 3. The lowest BCUT2D eigenvalue weighted by Gasteiger charge is -2.32. The largest absolute Gasteiger partial charge is 0.334 e. The van der Waals surface area contributed by atoms with E-state index in [0.717, 1.165) is 18.7 Å². The SMILES string of the molecule is Cc1ccc(Cl)cc1N(CC(=O)N1CC[NH+](C)CC1)S(=O)(=O)c1ccccc1. The van der Waals surface area contributed by atoms with E-state index in [1.165, 1.54) is 21.3 Å². The van der Waals surface area contributed by atoms with Gasteiger partial charge in [-0.15, -0.1) is 0 Å². The number of aryl methyl sites for hydroxylation is 1. The highest BCUT2D eigenvalue weighted by Gasteiger charge is 2.31. The highest BCUT2D eigenvalue weighted by atomic mass is 35.5. The van der Waals surface area contributed by atoms with Crippen LogP contribution in [0.15, 0.2) is 53.4 Å². The maximum absolute atomic E-state index is 13.4. The van der Waals surface area contributed by atoms with E-state index in [9.17, 15) is 13.2 Å². The molecule has 2 aromatic rings. The maximum atomic E-state index is 13.4. The molecule has 0 atom stereocenters. The van der Waals surface area contributed by atoms with E-state index in [1.54, 1.807) is 41.3 Å². The van der Waals surface area contributed by atoms with Crippen LogP contribution in [-0.4, -0.2) is 59.0 Å². The highest BCUT2D eigenvalue weighted by Crippen LogP contribution is 2.29. The van der Waals surface area contributed by atoms with Crippen LogP contribution in [-0.2, 0) is 14.8 Å². The Morgan fingerprint density at radius 1 is 1.14 bits per heavy atom. The first kappa shape index (κ1) is 20.6. The average molecular weight is 423 g/mol. The molecule has 1 N–H and O–H groups in total. The van der Waals surface area contributed by atoms with Crippen molar-refractivity contribution in [3.63, 3.8) is 0 Å². The Bertz CT molecular complexity index is 942. The first-order chi connectivity index (χ1) is 13.3. The lowest BCUT2D eigenvalue weighted by molar-refractivity contribution is -0.883. The summed E-state index contributed by atoms with van der Waals surface area (Å²) in [5, 5.41) is 0.421. The van der Waals surface area contributed by atoms with Crippen molar-refractivity contribution in [2.45, 2.75) is 11.8 Å². The predicted octanol–water partition coefficient (Wildman–Crippen LogP) is 1.20. The molecule has 1 heterocycles. The second-order valence-corrected chi connectivity index (χ2v) is 9.39. The van der Waals surface area contributed by atoms with Crippen LogP contribution in [0.1, 0.15) is 5.56 Å². The Kier molecular flexibility index (Phi) is 6.27. The first-order valence-electron chi connectivity index (χ1n) is 9.22. The number of benzene rings is 2. The minimum atomic E-state index is -3.92. The zero-order valence-corrected chi connectivity index (χ0v) is 17.6. The summed E-state index contributed by atoms with van der Waals surface area (Å²) in [5.41, 5.74) is 1.16. The number of nitrogens with zero attached hydrogens (tertiary/aromatic N) is 2. The van der Waals surface area contributed by atoms with Crippen LogP contribution < -0.4 is 9.21 Å². The van der Waals surface area contributed by atoms with Crippen LogP contribution in [0.25, 0.3) is 0 Å². The summed E-state index contributed by atoms with van der Waals surface area (Å²) in [5.74, 6) is -0.202. The summed E-state index contributed by atoms with van der Waals surface area (Å²) in [6.07, 6.45) is 0. The molecule has 1 saturated heterocycles. The lowest BCUT2D eigenvalue weighted by Crippen LogP contribution is -3.12. The van der Waals surface area contributed by atoms with Gasteiger partial charge in [0.15, 0.2) is 0 Å². The molecule has 2 aromatic carbocycles. The van der Waals surface area contributed by atoms with Crippen LogP contribution in [0.2, 0.25) is 5.02 Å². The molecule has 0 saturated carbocycles. The number of likely N-dealkylation sites (N-methyl/N-ethyl adjacent to an activating group) is 1. The van der Waals surface area contributed by atoms with Gasteiger partial charge in [-0.05, 0) is 36.8 Å². The molecule has 0 aromatic heterocycles. The number of amides is 1. The zero-order valence-electron chi connectivity index (χ0n) is 16.1. The molecule has 0 radical (unpaired) electrons. The molecule has 1 aliphatic rings. The molecule has 6 nitrogen and oxygen atoms in total. The Labute approximate surface area is 171 Å². The van der Waals surface area contributed by atoms with E-state index >= 15 is 0 Å². The molecule has 0 aliphatic carbocycles. The number of nitrogens with one attached hydrogen (secondary N) is 1. The molecule has 1 aliphatic heterocycles. The molecule has 1 amide bonds. The smallest absolute Gasteiger partial charge is 0.264 e. The number of hydrogen-bond donors (Lipinski definition) is 1. The highest BCUT2D eigenvalue weighted by molar-refractivity contribution is 7.92. The molecule has 0 spiro atoms. The van der Waals surface area contributed by atoms with Gasteiger partial charge >= 0.3 is 0 Å². The maximum Gasteiger partial charge on any atom is 0.264 e. The number of carbonyl (C=O) groups is 1. The van der Waals surface area contributed by atoms with E-state index in [-0.39, 0.29) is 17.3 Å². The summed E-state index contributed by atoms with van der Waals surface area (Å²) in [4.78, 5) is 16.2. The van der Waals surface area contributed by atoms with Crippen LogP contribution in [0, 0.1) is 6.92 Å². The van der Waals surface area contributed by atoms with Gasteiger partial charge < -0.3 is 9.80 Å². The predicted molar refractivity (Wildman–Crippen MR) is 110 cm³/mol. The molecule has 28 heavy (non-hydrogen) atoms. The fraction of sp³-hybridized carbons (Fsp3) is 0.350. The fourth-order valence-electron chi connectivity index (χ4n) is 3.23. The second kappa shape index (κ2) is 8.51. The van der Waals surface area contributed by atoms with Crippen LogP contribution in [0.3, 0.4) is 0 Å². The van der Waals surface area contributed by atoms with E-state index < -0.39 is 10.0 Å². The number of piperazine rings is 1. The van der Waals surface area contributed by atoms with Crippen LogP contribution in [0.5, 0.6) is 0 Å². The third kappa shape index (κ3) is 4.48. The fourth-order valence-corrected chi connectivity index (χ4v) is 4.89. The molecule has 3 rings (SSSR count). The zero-order chi connectivity index (χ0) is 20.3. The summed E-state index contributed by atoms with van der Waals surface area (Å²) < 4.78 is 27.9. The molecular weight excluding hydrogens is 398 g/mol. The average Bonchev–Trinajstić information content (AvgIpc) is 2.69. The third-order valence-corrected chi connectivity index (χ3v) is 7.03. The van der Waals surface area contributed by atoms with Crippen molar-refractivity contribution in [1.82, 2.24) is 4.90 Å². The van der Waals surface area contributed by atoms with Crippen LogP contribution in [0.4, 0.5) is 5.69 Å². The van der Waals surface area contributed by atoms with Gasteiger partial charge in [-0.25, -0.2) is 8.42 Å². The Balaban J connectivity index is 1.98. The molecule has 1 fully saturated rings. The van der Waals surface area contributed by atoms with E-state index in [2.05, 4.69) is 7.05 Å². The first-order valence-corrected chi connectivity index (χ1v) is 11.0. The standard InChI is InChI=1S/C20H24ClN3O3S/c1-16-8-9-17(21)14-19(16)24(28(26,27)18-6-4-3-5-7-18)15-20(25)23-12-10-22(2)11-13-23/h3-9,14H,10-13,15H2,1-2H3/p+1. The van der Waals surface area contributed by atoms with Gasteiger partial charge in [0, 0.05) is 5.02 Å². The normalized spacial score (nSPS) is 15.5. The summed E-state index contributed by atoms with van der Waals surface area (Å²) in [6.45, 7) is 4.51. The van der Waals surface area contributed by atoms with Crippen molar-refractivity contribution in [3.8, 4) is 0 Å². The van der Waals surface area contributed by atoms with Crippen LogP contribution >= 0.6 is 11.6 Å². The number of carbonyl (C=O) groups excluding carboxylic acids is 1. The quantitative estimate of drug-likeness (QED) is 0.787. The van der Waals surface area contributed by atoms with Gasteiger partial charge in [0.05, 0.1) is 43.8 Å². The van der Waals surface area contributed by atoms with E-state index in [1.807, 2.05) is 6.92 Å². The molecular formula is C20H25ClN3O3S+. The number of halogens is 1. The van der Waals surface area contributed by atoms with E-state index in [0.29, 0.717) is 23.8 Å². The third-order valence-electron chi connectivity index (χ3n) is 5.02. The summed E-state index contributed by atoms with van der Waals surface area (Å²) in [6, 6.07) is 13.2. The summed E-state index contributed by atoms with van der Waals surface area (Å²) >= 11 is 6.14. The van der Waals surface area contributed by atoms with Gasteiger partial charge in [-0.2, -0.15) is 0 Å². The van der Waals surface area contributed by atoms with E-state index in [4.69, 9.17) is 11.6 Å². The minimum absolute atomic E-state index is 0.144. The number of anilines is 1. The number of quaternary nitrogens is 1. The van der Waals surface area contributed by atoms with Crippen molar-refractivity contribution >= 4 is 33.2 Å². The second-order valence-electron chi connectivity index (χ2n) is 7.09. The van der Waals surface area contributed by atoms with Gasteiger partial charge in [-0.1, -0.05) is 35.9 Å². The lowest BCUT2D eigenvalue weighted by atomic mass is 10.2. The summed E-state index contributed by atoms with van der Waals surface area (Å²) in [7, 11) is -1.83. The Morgan fingerprint density at radius 2 is 1.79 bits per heavy atom. The van der Waals surface area contributed by atoms with Gasteiger partial charge in [0.25, 0.3) is 10.0 Å². The molecule has 8 heteroatoms. The molecule has 150 valence electrons. The van der Waals surface area contributed by atoms with Gasteiger partial charge in [0.2, 0.25) is 5.91 Å². The molecule has 0 bridgehead atoms. The van der Waals surface area contributed by atoms with Gasteiger partial charge in [0.1, 0.15) is 6.54 Å². The van der Waals surface area contributed by atoms with Crippen molar-refractivity contribution in [2.75, 3.05) is 44.1 Å². The van der Waals surface area contributed by atoms with Crippen molar-refractivity contribution in [2.24, 2.45) is 0 Å². The van der Waals surface area contributed by atoms with Crippen molar-refractivity contribution in [3.05, 3.63) is 59.1 Å². The van der Waals surface area contributed by atoms with Crippen molar-refractivity contribution < 1.29 is 18.1 Å². The Morgan fingerprint density at radius 3 is 2.43 bits per heavy atom. The van der Waals surface area contributed by atoms with Crippen molar-refractivity contribution in [1.29, 1.82) is 0 Å². The monoisotopic (exact) mass is 422 g/mol. The topological polar surface area (TPSA) is 62.1 Å². The Hall–Kier alpha value is -2.09. The number of rotatable bonds is 5. The van der Waals surface area contributed by atoms with Gasteiger partial charge in [-0.3, -0.25) is 9.10 Å².